The monoisotopic (exact) mass is 209 g/mol. The lowest BCUT2D eigenvalue weighted by atomic mass is 10.0. The maximum Gasteiger partial charge on any atom is 0.123 e. The van der Waals surface area contributed by atoms with Crippen LogP contribution in [-0.4, -0.2) is 25.3 Å². The Labute approximate surface area is 89.7 Å². The van der Waals surface area contributed by atoms with E-state index in [4.69, 9.17) is 0 Å². The highest BCUT2D eigenvalue weighted by atomic mass is 19.1. The van der Waals surface area contributed by atoms with Gasteiger partial charge in [-0.2, -0.15) is 0 Å². The van der Waals surface area contributed by atoms with Crippen LogP contribution in [0.25, 0.3) is 0 Å². The van der Waals surface area contributed by atoms with E-state index < -0.39 is 0 Å². The number of aldehydes is 1. The lowest BCUT2D eigenvalue weighted by Gasteiger charge is -2.24. The summed E-state index contributed by atoms with van der Waals surface area (Å²) in [6.07, 6.45) is 2.21. The van der Waals surface area contributed by atoms with E-state index >= 15 is 0 Å². The van der Waals surface area contributed by atoms with Gasteiger partial charge in [0, 0.05) is 12.5 Å². The average molecular weight is 209 g/mol. The highest BCUT2D eigenvalue weighted by Crippen LogP contribution is 2.22. The Bertz CT molecular complexity index is 308. The molecule has 0 spiro atoms. The van der Waals surface area contributed by atoms with Crippen molar-refractivity contribution in [2.24, 2.45) is 0 Å². The molecule has 0 fully saturated rings. The third-order valence-corrected chi connectivity index (χ3v) is 2.44. The number of halogens is 1. The molecule has 0 aliphatic carbocycles. The second-order valence-electron chi connectivity index (χ2n) is 3.77. The van der Waals surface area contributed by atoms with Crippen LogP contribution < -0.4 is 0 Å². The first-order chi connectivity index (χ1) is 7.15. The average Bonchev–Trinajstić information content (AvgIpc) is 2.21. The lowest BCUT2D eigenvalue weighted by molar-refractivity contribution is -0.108. The summed E-state index contributed by atoms with van der Waals surface area (Å²) in [5.74, 6) is -0.230. The lowest BCUT2D eigenvalue weighted by Crippen LogP contribution is -2.20. The van der Waals surface area contributed by atoms with Gasteiger partial charge in [-0.1, -0.05) is 12.1 Å². The quantitative estimate of drug-likeness (QED) is 0.694. The third-order valence-electron chi connectivity index (χ3n) is 2.44. The number of carbonyl (C=O) groups excluding carboxylic acids is 1. The van der Waals surface area contributed by atoms with Gasteiger partial charge in [-0.25, -0.2) is 4.39 Å². The minimum absolute atomic E-state index is 0.177. The molecular weight excluding hydrogens is 193 g/mol. The molecule has 0 aliphatic rings. The fourth-order valence-electron chi connectivity index (χ4n) is 1.63. The second-order valence-corrected chi connectivity index (χ2v) is 3.77. The first kappa shape index (κ1) is 11.9. The van der Waals surface area contributed by atoms with E-state index in [2.05, 4.69) is 0 Å². The van der Waals surface area contributed by atoms with Gasteiger partial charge in [0.05, 0.1) is 0 Å². The number of carbonyl (C=O) groups is 1. The van der Waals surface area contributed by atoms with E-state index in [0.29, 0.717) is 6.42 Å². The molecule has 1 atom stereocenters. The standard InChI is InChI=1S/C12H16FNO/c1-14(2)12(4-3-9-15)10-5-7-11(13)8-6-10/h5-9,12H,3-4H2,1-2H3. The maximum absolute atomic E-state index is 12.7. The van der Waals surface area contributed by atoms with Gasteiger partial charge in [-0.3, -0.25) is 0 Å². The number of hydrogen-bond acceptors (Lipinski definition) is 2. The van der Waals surface area contributed by atoms with Crippen LogP contribution >= 0.6 is 0 Å². The minimum atomic E-state index is -0.230. The molecule has 82 valence electrons. The zero-order chi connectivity index (χ0) is 11.3. The van der Waals surface area contributed by atoms with Gasteiger partial charge < -0.3 is 9.69 Å². The summed E-state index contributed by atoms with van der Waals surface area (Å²) in [6, 6.07) is 6.62. The summed E-state index contributed by atoms with van der Waals surface area (Å²) < 4.78 is 12.7. The predicted molar refractivity (Wildman–Crippen MR) is 58.1 cm³/mol. The van der Waals surface area contributed by atoms with Gasteiger partial charge in [0.25, 0.3) is 0 Å². The van der Waals surface area contributed by atoms with Gasteiger partial charge in [-0.15, -0.1) is 0 Å². The van der Waals surface area contributed by atoms with Gasteiger partial charge >= 0.3 is 0 Å². The predicted octanol–water partition coefficient (Wildman–Crippen LogP) is 2.41. The van der Waals surface area contributed by atoms with Gasteiger partial charge in [0.1, 0.15) is 12.1 Å². The second kappa shape index (κ2) is 5.61. The van der Waals surface area contributed by atoms with Crippen molar-refractivity contribution in [2.75, 3.05) is 14.1 Å². The molecular formula is C12H16FNO. The summed E-state index contributed by atoms with van der Waals surface area (Å²) in [5, 5.41) is 0. The highest BCUT2D eigenvalue weighted by Gasteiger charge is 2.13. The van der Waals surface area contributed by atoms with Crippen molar-refractivity contribution >= 4 is 6.29 Å². The van der Waals surface area contributed by atoms with Crippen molar-refractivity contribution < 1.29 is 9.18 Å². The Morgan fingerprint density at radius 1 is 1.33 bits per heavy atom. The Kier molecular flexibility index (Phi) is 4.43. The fraction of sp³-hybridized carbons (Fsp3) is 0.417. The summed E-state index contributed by atoms with van der Waals surface area (Å²) >= 11 is 0. The molecule has 2 nitrogen and oxygen atoms in total. The molecule has 0 radical (unpaired) electrons. The van der Waals surface area contributed by atoms with E-state index in [1.807, 2.05) is 19.0 Å². The zero-order valence-corrected chi connectivity index (χ0v) is 9.11. The first-order valence-corrected chi connectivity index (χ1v) is 5.00. The van der Waals surface area contributed by atoms with E-state index in [1.54, 1.807) is 12.1 Å². The Morgan fingerprint density at radius 3 is 2.40 bits per heavy atom. The number of hydrogen-bond donors (Lipinski definition) is 0. The molecule has 0 aliphatic heterocycles. The molecule has 1 aromatic carbocycles. The molecule has 1 rings (SSSR count). The smallest absolute Gasteiger partial charge is 0.123 e. The fourth-order valence-corrected chi connectivity index (χ4v) is 1.63. The number of rotatable bonds is 5. The number of benzene rings is 1. The van der Waals surface area contributed by atoms with Crippen molar-refractivity contribution in [2.45, 2.75) is 18.9 Å². The van der Waals surface area contributed by atoms with Crippen LogP contribution in [0.4, 0.5) is 4.39 Å². The Hall–Kier alpha value is -1.22. The van der Waals surface area contributed by atoms with Crippen LogP contribution in [0.1, 0.15) is 24.4 Å². The SMILES string of the molecule is CN(C)C(CCC=O)c1ccc(F)cc1. The maximum atomic E-state index is 12.7. The molecule has 0 N–H and O–H groups in total. The van der Waals surface area contributed by atoms with E-state index in [-0.39, 0.29) is 11.9 Å². The molecule has 3 heteroatoms. The van der Waals surface area contributed by atoms with E-state index in [0.717, 1.165) is 18.3 Å². The largest absolute Gasteiger partial charge is 0.303 e. The van der Waals surface area contributed by atoms with Crippen LogP contribution in [0.15, 0.2) is 24.3 Å². The van der Waals surface area contributed by atoms with Crippen LogP contribution in [-0.2, 0) is 4.79 Å². The first-order valence-electron chi connectivity index (χ1n) is 5.00. The van der Waals surface area contributed by atoms with Crippen LogP contribution in [0, 0.1) is 5.82 Å². The molecule has 0 amide bonds. The summed E-state index contributed by atoms with van der Waals surface area (Å²) in [6.45, 7) is 0. The topological polar surface area (TPSA) is 20.3 Å². The molecule has 0 saturated heterocycles. The van der Waals surface area contributed by atoms with Crippen LogP contribution in [0.2, 0.25) is 0 Å². The van der Waals surface area contributed by atoms with Crippen molar-refractivity contribution in [1.29, 1.82) is 0 Å². The van der Waals surface area contributed by atoms with Gasteiger partial charge in [0.15, 0.2) is 0 Å². The van der Waals surface area contributed by atoms with Gasteiger partial charge in [0.2, 0.25) is 0 Å². The summed E-state index contributed by atoms with van der Waals surface area (Å²) in [5.41, 5.74) is 1.04. The van der Waals surface area contributed by atoms with Crippen molar-refractivity contribution in [3.63, 3.8) is 0 Å². The molecule has 0 saturated carbocycles. The van der Waals surface area contributed by atoms with Crippen LogP contribution in [0.5, 0.6) is 0 Å². The van der Waals surface area contributed by atoms with Crippen LogP contribution in [0.3, 0.4) is 0 Å². The summed E-state index contributed by atoms with van der Waals surface area (Å²) in [7, 11) is 3.91. The van der Waals surface area contributed by atoms with Crippen molar-refractivity contribution in [3.8, 4) is 0 Å². The minimum Gasteiger partial charge on any atom is -0.303 e. The molecule has 0 bridgehead atoms. The zero-order valence-electron chi connectivity index (χ0n) is 9.11. The van der Waals surface area contributed by atoms with E-state index in [1.165, 1.54) is 12.1 Å². The normalized spacial score (nSPS) is 12.8. The molecule has 15 heavy (non-hydrogen) atoms. The van der Waals surface area contributed by atoms with Crippen molar-refractivity contribution in [3.05, 3.63) is 35.6 Å². The van der Waals surface area contributed by atoms with Gasteiger partial charge in [-0.05, 0) is 38.2 Å². The summed E-state index contributed by atoms with van der Waals surface area (Å²) in [4.78, 5) is 12.4. The highest BCUT2D eigenvalue weighted by molar-refractivity contribution is 5.49. The molecule has 0 heterocycles. The Balaban J connectivity index is 2.79. The molecule has 0 aromatic heterocycles. The van der Waals surface area contributed by atoms with Crippen molar-refractivity contribution in [1.82, 2.24) is 4.90 Å². The molecule has 1 unspecified atom stereocenters. The van der Waals surface area contributed by atoms with E-state index in [9.17, 15) is 9.18 Å². The number of nitrogens with zero attached hydrogens (tertiary/aromatic N) is 1. The third kappa shape index (κ3) is 3.44. The molecule has 1 aromatic rings. The Morgan fingerprint density at radius 2 is 1.93 bits per heavy atom.